The minimum Gasteiger partial charge on any atom is -0.366 e. The fraction of sp³-hybridized carbons (Fsp3) is 0.304. The molecule has 3 aromatic rings. The number of thiazole rings is 1. The van der Waals surface area contributed by atoms with Gasteiger partial charge < -0.3 is 4.90 Å². The molecule has 1 heterocycles. The Morgan fingerprint density at radius 1 is 1.03 bits per heavy atom. The van der Waals surface area contributed by atoms with Crippen LogP contribution in [-0.2, 0) is 6.42 Å². The van der Waals surface area contributed by atoms with Gasteiger partial charge in [-0.05, 0) is 68.1 Å². The predicted molar refractivity (Wildman–Crippen MR) is 117 cm³/mol. The maximum atomic E-state index is 14.2. The Balaban J connectivity index is 1.84. The zero-order valence-electron chi connectivity index (χ0n) is 17.4. The summed E-state index contributed by atoms with van der Waals surface area (Å²) in [5.41, 5.74) is 5.29. The lowest BCUT2D eigenvalue weighted by Crippen LogP contribution is -2.14. The maximum Gasteiger partial charge on any atom is 0.133 e. The van der Waals surface area contributed by atoms with Gasteiger partial charge in [0.2, 0.25) is 0 Å². The lowest BCUT2D eigenvalue weighted by molar-refractivity contribution is 0.552. The van der Waals surface area contributed by atoms with Crippen molar-refractivity contribution in [3.63, 3.8) is 0 Å². The lowest BCUT2D eigenvalue weighted by Gasteiger charge is -2.11. The molecule has 0 fully saturated rings. The van der Waals surface area contributed by atoms with Gasteiger partial charge >= 0.3 is 0 Å². The molecule has 0 bridgehead atoms. The summed E-state index contributed by atoms with van der Waals surface area (Å²) in [5, 5.41) is 2.65. The summed E-state index contributed by atoms with van der Waals surface area (Å²) >= 11 is 1.46. The topological polar surface area (TPSA) is 28.5 Å². The lowest BCUT2D eigenvalue weighted by atomic mass is 10.0. The fourth-order valence-corrected chi connectivity index (χ4v) is 3.77. The van der Waals surface area contributed by atoms with E-state index < -0.39 is 11.6 Å². The van der Waals surface area contributed by atoms with E-state index in [2.05, 4.69) is 36.0 Å². The van der Waals surface area contributed by atoms with Crippen molar-refractivity contribution in [1.29, 1.82) is 0 Å². The van der Waals surface area contributed by atoms with Crippen LogP contribution in [-0.4, -0.2) is 29.8 Å². The van der Waals surface area contributed by atoms with Gasteiger partial charge in [0, 0.05) is 31.0 Å². The molecule has 3 rings (SSSR count). The van der Waals surface area contributed by atoms with Gasteiger partial charge in [-0.25, -0.2) is 18.8 Å². The summed E-state index contributed by atoms with van der Waals surface area (Å²) in [6, 6.07) is 6.64. The summed E-state index contributed by atoms with van der Waals surface area (Å²) in [6.45, 7) is 8.62. The summed E-state index contributed by atoms with van der Waals surface area (Å²) in [7, 11) is 1.99. The van der Waals surface area contributed by atoms with Crippen LogP contribution >= 0.6 is 11.3 Å². The van der Waals surface area contributed by atoms with E-state index >= 15 is 0 Å². The minimum absolute atomic E-state index is 0.202. The largest absolute Gasteiger partial charge is 0.366 e. The number of nitrogens with zero attached hydrogens (tertiary/aromatic N) is 3. The van der Waals surface area contributed by atoms with E-state index in [0.29, 0.717) is 17.7 Å². The fourth-order valence-electron chi connectivity index (χ4n) is 2.95. The molecular formula is C23H25F2N3S. The molecule has 0 radical (unpaired) electrons. The summed E-state index contributed by atoms with van der Waals surface area (Å²) in [5.74, 6) is -0.876. The first-order chi connectivity index (χ1) is 13.8. The number of hydrogen-bond acceptors (Lipinski definition) is 3. The summed E-state index contributed by atoms with van der Waals surface area (Å²) in [6.07, 6.45) is 2.48. The van der Waals surface area contributed by atoms with Crippen molar-refractivity contribution in [2.45, 2.75) is 34.1 Å². The van der Waals surface area contributed by atoms with E-state index in [1.807, 2.05) is 25.2 Å². The number of hydrogen-bond donors (Lipinski definition) is 0. The first kappa shape index (κ1) is 21.1. The van der Waals surface area contributed by atoms with Gasteiger partial charge in [0.1, 0.15) is 11.6 Å². The molecule has 0 unspecified atom stereocenters. The van der Waals surface area contributed by atoms with Gasteiger partial charge in [0.05, 0.1) is 22.7 Å². The van der Waals surface area contributed by atoms with Gasteiger partial charge in [-0.1, -0.05) is 6.07 Å². The molecule has 2 aromatic carbocycles. The molecule has 0 spiro atoms. The van der Waals surface area contributed by atoms with Crippen LogP contribution < -0.4 is 0 Å². The monoisotopic (exact) mass is 413 g/mol. The van der Waals surface area contributed by atoms with E-state index in [1.54, 1.807) is 12.3 Å². The van der Waals surface area contributed by atoms with Gasteiger partial charge in [-0.2, -0.15) is 0 Å². The first-order valence-electron chi connectivity index (χ1n) is 9.53. The third kappa shape index (κ3) is 4.88. The molecule has 0 amide bonds. The van der Waals surface area contributed by atoms with Crippen LogP contribution in [0, 0.1) is 32.4 Å². The van der Waals surface area contributed by atoms with Gasteiger partial charge in [-0.15, -0.1) is 11.3 Å². The second kappa shape index (κ2) is 8.82. The second-order valence-corrected chi connectivity index (χ2v) is 8.21. The van der Waals surface area contributed by atoms with Crippen LogP contribution in [0.5, 0.6) is 0 Å². The third-order valence-corrected chi connectivity index (χ3v) is 5.81. The first-order valence-corrected chi connectivity index (χ1v) is 10.4. The second-order valence-electron chi connectivity index (χ2n) is 7.27. The Hall–Kier alpha value is -2.60. The highest BCUT2D eigenvalue weighted by molar-refractivity contribution is 7.10. The zero-order chi connectivity index (χ0) is 21.1. The molecule has 0 saturated carbocycles. The highest BCUT2D eigenvalue weighted by atomic mass is 32.1. The molecule has 0 aliphatic carbocycles. The van der Waals surface area contributed by atoms with Crippen LogP contribution in [0.4, 0.5) is 14.5 Å². The molecule has 0 aliphatic rings. The quantitative estimate of drug-likeness (QED) is 0.355. The molecule has 0 aliphatic heterocycles. The van der Waals surface area contributed by atoms with Crippen LogP contribution in [0.2, 0.25) is 0 Å². The highest BCUT2D eigenvalue weighted by Gasteiger charge is 2.14. The number of aliphatic imine (C=N–C) groups is 1. The Bertz CT molecular complexity index is 1060. The van der Waals surface area contributed by atoms with E-state index in [-0.39, 0.29) is 5.56 Å². The SMILES string of the molecule is CCN(C)C=Nc1cc(C)c(Cc2nc(-c3cc(F)c(C)cc3F)cs2)cc1C. The summed E-state index contributed by atoms with van der Waals surface area (Å²) < 4.78 is 28.1. The van der Waals surface area contributed by atoms with Gasteiger partial charge in [0.25, 0.3) is 0 Å². The maximum absolute atomic E-state index is 14.2. The number of aromatic nitrogens is 1. The average Bonchev–Trinajstić information content (AvgIpc) is 3.14. The zero-order valence-corrected chi connectivity index (χ0v) is 18.2. The molecule has 0 saturated heterocycles. The molecule has 0 N–H and O–H groups in total. The van der Waals surface area contributed by atoms with Crippen molar-refractivity contribution in [2.24, 2.45) is 4.99 Å². The molecule has 29 heavy (non-hydrogen) atoms. The predicted octanol–water partition coefficient (Wildman–Crippen LogP) is 6.22. The molecule has 3 nitrogen and oxygen atoms in total. The Kier molecular flexibility index (Phi) is 6.42. The van der Waals surface area contributed by atoms with E-state index in [0.717, 1.165) is 33.9 Å². The number of halogens is 2. The van der Waals surface area contributed by atoms with Gasteiger partial charge in [0.15, 0.2) is 0 Å². The standard InChI is InChI=1S/C23H25F2N3S/c1-6-28(5)13-26-21-9-14(2)17(7-16(21)4)10-23-27-22(12-29-23)18-11-19(24)15(3)8-20(18)25/h7-9,11-13H,6,10H2,1-5H3. The normalized spacial score (nSPS) is 11.4. The van der Waals surface area contributed by atoms with Crippen LogP contribution in [0.1, 0.15) is 34.2 Å². The highest BCUT2D eigenvalue weighted by Crippen LogP contribution is 2.29. The molecule has 6 heteroatoms. The minimum atomic E-state index is -0.452. The van der Waals surface area contributed by atoms with Crippen molar-refractivity contribution < 1.29 is 8.78 Å². The Morgan fingerprint density at radius 2 is 1.79 bits per heavy atom. The van der Waals surface area contributed by atoms with E-state index in [4.69, 9.17) is 0 Å². The van der Waals surface area contributed by atoms with Gasteiger partial charge in [-0.3, -0.25) is 0 Å². The average molecular weight is 414 g/mol. The van der Waals surface area contributed by atoms with Crippen LogP contribution in [0.15, 0.2) is 34.6 Å². The van der Waals surface area contributed by atoms with E-state index in [9.17, 15) is 8.78 Å². The number of benzene rings is 2. The van der Waals surface area contributed by atoms with Crippen molar-refractivity contribution in [3.8, 4) is 11.3 Å². The van der Waals surface area contributed by atoms with Crippen molar-refractivity contribution >= 4 is 23.4 Å². The molecule has 1 aromatic heterocycles. The molecular weight excluding hydrogens is 388 g/mol. The Labute approximate surface area is 174 Å². The number of aryl methyl sites for hydroxylation is 3. The van der Waals surface area contributed by atoms with Crippen LogP contribution in [0.25, 0.3) is 11.3 Å². The van der Waals surface area contributed by atoms with Crippen molar-refractivity contribution in [1.82, 2.24) is 9.88 Å². The Morgan fingerprint density at radius 3 is 2.52 bits per heavy atom. The molecule has 152 valence electrons. The molecule has 0 atom stereocenters. The van der Waals surface area contributed by atoms with Crippen LogP contribution in [0.3, 0.4) is 0 Å². The van der Waals surface area contributed by atoms with E-state index in [1.165, 1.54) is 23.5 Å². The smallest absolute Gasteiger partial charge is 0.133 e. The van der Waals surface area contributed by atoms with Crippen molar-refractivity contribution in [2.75, 3.05) is 13.6 Å². The summed E-state index contributed by atoms with van der Waals surface area (Å²) in [4.78, 5) is 11.1. The van der Waals surface area contributed by atoms with Crippen molar-refractivity contribution in [3.05, 3.63) is 68.5 Å². The number of rotatable bonds is 6. The third-order valence-electron chi connectivity index (χ3n) is 4.96.